The van der Waals surface area contributed by atoms with Gasteiger partial charge in [0.15, 0.2) is 11.6 Å². The molecule has 0 spiro atoms. The minimum Gasteiger partial charge on any atom is -0.349 e. The second-order valence-electron chi connectivity index (χ2n) is 3.56. The summed E-state index contributed by atoms with van der Waals surface area (Å²) in [5, 5.41) is 3.49. The average Bonchev–Trinajstić information content (AvgIpc) is 2.12. The Morgan fingerprint density at radius 2 is 2.40 bits per heavy atom. The third-order valence-electron chi connectivity index (χ3n) is 2.60. The molecule has 0 radical (unpaired) electrons. The van der Waals surface area contributed by atoms with Gasteiger partial charge in [0.25, 0.3) is 0 Å². The van der Waals surface area contributed by atoms with Gasteiger partial charge < -0.3 is 10.2 Å². The van der Waals surface area contributed by atoms with E-state index in [1.807, 2.05) is 11.8 Å². The summed E-state index contributed by atoms with van der Waals surface area (Å²) in [4.78, 5) is 6.00. The topological polar surface area (TPSA) is 28.2 Å². The maximum Gasteiger partial charge on any atom is 0.167 e. The molecule has 2 heterocycles. The minimum absolute atomic E-state index is 0.332. The SMILES string of the molecule is CCN(c1ncc(Cl)cc1F)C1CNC1. The van der Waals surface area contributed by atoms with Crippen molar-refractivity contribution in [2.75, 3.05) is 24.5 Å². The molecule has 2 rings (SSSR count). The average molecular weight is 230 g/mol. The van der Waals surface area contributed by atoms with Crippen LogP contribution in [-0.2, 0) is 0 Å². The van der Waals surface area contributed by atoms with Crippen LogP contribution in [0.1, 0.15) is 6.92 Å². The number of halogens is 2. The largest absolute Gasteiger partial charge is 0.349 e. The molecule has 5 heteroatoms. The van der Waals surface area contributed by atoms with Crippen molar-refractivity contribution in [1.29, 1.82) is 0 Å². The molecule has 0 atom stereocenters. The maximum absolute atomic E-state index is 13.6. The monoisotopic (exact) mass is 229 g/mol. The smallest absolute Gasteiger partial charge is 0.167 e. The van der Waals surface area contributed by atoms with Gasteiger partial charge in [-0.1, -0.05) is 11.6 Å². The zero-order chi connectivity index (χ0) is 10.8. The summed E-state index contributed by atoms with van der Waals surface area (Å²) in [7, 11) is 0. The summed E-state index contributed by atoms with van der Waals surface area (Å²) in [5.41, 5.74) is 0. The molecule has 1 aliphatic rings. The van der Waals surface area contributed by atoms with E-state index in [1.54, 1.807) is 0 Å². The van der Waals surface area contributed by atoms with Crippen molar-refractivity contribution in [3.8, 4) is 0 Å². The van der Waals surface area contributed by atoms with Gasteiger partial charge in [-0.25, -0.2) is 9.37 Å². The molecule has 1 aromatic rings. The van der Waals surface area contributed by atoms with Gasteiger partial charge in [-0.05, 0) is 13.0 Å². The van der Waals surface area contributed by atoms with E-state index in [2.05, 4.69) is 10.3 Å². The molecule has 15 heavy (non-hydrogen) atoms. The molecule has 1 fully saturated rings. The highest BCUT2D eigenvalue weighted by Crippen LogP contribution is 2.22. The number of anilines is 1. The summed E-state index contributed by atoms with van der Waals surface area (Å²) in [6, 6.07) is 1.65. The van der Waals surface area contributed by atoms with Crippen molar-refractivity contribution < 1.29 is 4.39 Å². The second-order valence-corrected chi connectivity index (χ2v) is 3.99. The minimum atomic E-state index is -0.351. The van der Waals surface area contributed by atoms with Crippen LogP contribution >= 0.6 is 11.6 Å². The van der Waals surface area contributed by atoms with E-state index in [1.165, 1.54) is 12.3 Å². The Morgan fingerprint density at radius 1 is 1.67 bits per heavy atom. The second kappa shape index (κ2) is 4.33. The van der Waals surface area contributed by atoms with E-state index in [-0.39, 0.29) is 5.82 Å². The number of nitrogens with zero attached hydrogens (tertiary/aromatic N) is 2. The van der Waals surface area contributed by atoms with Crippen molar-refractivity contribution in [3.05, 3.63) is 23.1 Å². The molecular weight excluding hydrogens is 217 g/mol. The Morgan fingerprint density at radius 3 is 2.87 bits per heavy atom. The lowest BCUT2D eigenvalue weighted by Gasteiger charge is -2.38. The number of aromatic nitrogens is 1. The summed E-state index contributed by atoms with van der Waals surface area (Å²) >= 11 is 5.66. The van der Waals surface area contributed by atoms with Gasteiger partial charge in [0, 0.05) is 25.8 Å². The number of likely N-dealkylation sites (N-methyl/N-ethyl adjacent to an activating group) is 1. The number of rotatable bonds is 3. The summed E-state index contributed by atoms with van der Waals surface area (Å²) in [6.45, 7) is 4.51. The van der Waals surface area contributed by atoms with E-state index in [0.29, 0.717) is 16.9 Å². The number of hydrogen-bond donors (Lipinski definition) is 1. The zero-order valence-corrected chi connectivity index (χ0v) is 9.26. The highest BCUT2D eigenvalue weighted by atomic mass is 35.5. The van der Waals surface area contributed by atoms with Crippen molar-refractivity contribution in [3.63, 3.8) is 0 Å². The van der Waals surface area contributed by atoms with Crippen LogP contribution in [0.4, 0.5) is 10.2 Å². The quantitative estimate of drug-likeness (QED) is 0.855. The third-order valence-corrected chi connectivity index (χ3v) is 2.81. The van der Waals surface area contributed by atoms with Crippen LogP contribution in [0.15, 0.2) is 12.3 Å². The Hall–Kier alpha value is -0.870. The Labute approximate surface area is 93.2 Å². The van der Waals surface area contributed by atoms with Crippen LogP contribution < -0.4 is 10.2 Å². The fraction of sp³-hybridized carbons (Fsp3) is 0.500. The molecule has 1 aliphatic heterocycles. The molecule has 0 aliphatic carbocycles. The van der Waals surface area contributed by atoms with Crippen molar-refractivity contribution in [1.82, 2.24) is 10.3 Å². The predicted molar refractivity (Wildman–Crippen MR) is 58.9 cm³/mol. The number of hydrogen-bond acceptors (Lipinski definition) is 3. The van der Waals surface area contributed by atoms with Gasteiger partial charge in [-0.2, -0.15) is 0 Å². The van der Waals surface area contributed by atoms with Crippen molar-refractivity contribution >= 4 is 17.4 Å². The van der Waals surface area contributed by atoms with Gasteiger partial charge in [0.2, 0.25) is 0 Å². The van der Waals surface area contributed by atoms with Crippen LogP contribution in [-0.4, -0.2) is 30.7 Å². The van der Waals surface area contributed by atoms with Crippen LogP contribution in [0.5, 0.6) is 0 Å². The lowest BCUT2D eigenvalue weighted by molar-refractivity contribution is 0.410. The van der Waals surface area contributed by atoms with Gasteiger partial charge in [0.05, 0.1) is 11.1 Å². The first-order valence-corrected chi connectivity index (χ1v) is 5.38. The van der Waals surface area contributed by atoms with Gasteiger partial charge in [-0.3, -0.25) is 0 Å². The summed E-state index contributed by atoms with van der Waals surface area (Å²) in [5.74, 6) is 0.0460. The molecule has 0 aromatic carbocycles. The van der Waals surface area contributed by atoms with Crippen molar-refractivity contribution in [2.45, 2.75) is 13.0 Å². The Kier molecular flexibility index (Phi) is 3.07. The molecule has 0 unspecified atom stereocenters. The number of pyridine rings is 1. The molecule has 1 aromatic heterocycles. The van der Waals surface area contributed by atoms with E-state index in [9.17, 15) is 4.39 Å². The van der Waals surface area contributed by atoms with Gasteiger partial charge in [0.1, 0.15) is 0 Å². The standard InChI is InChI=1S/C10H13ClFN3/c1-2-15(8-5-13-6-8)10-9(12)3-7(11)4-14-10/h3-4,8,13H,2,5-6H2,1H3. The van der Waals surface area contributed by atoms with Gasteiger partial charge in [-0.15, -0.1) is 0 Å². The van der Waals surface area contributed by atoms with Crippen LogP contribution in [0, 0.1) is 5.82 Å². The fourth-order valence-corrected chi connectivity index (χ4v) is 1.84. The highest BCUT2D eigenvalue weighted by Gasteiger charge is 2.26. The van der Waals surface area contributed by atoms with E-state index in [0.717, 1.165) is 19.6 Å². The highest BCUT2D eigenvalue weighted by molar-refractivity contribution is 6.30. The van der Waals surface area contributed by atoms with Crippen molar-refractivity contribution in [2.24, 2.45) is 0 Å². The van der Waals surface area contributed by atoms with E-state index >= 15 is 0 Å². The first-order chi connectivity index (χ1) is 7.22. The molecule has 1 N–H and O–H groups in total. The third kappa shape index (κ3) is 2.06. The fourth-order valence-electron chi connectivity index (χ4n) is 1.69. The van der Waals surface area contributed by atoms with Crippen LogP contribution in [0.25, 0.3) is 0 Å². The van der Waals surface area contributed by atoms with E-state index in [4.69, 9.17) is 11.6 Å². The summed E-state index contributed by atoms with van der Waals surface area (Å²) in [6.07, 6.45) is 1.48. The molecule has 0 bridgehead atoms. The molecule has 0 amide bonds. The Balaban J connectivity index is 2.25. The first kappa shape index (κ1) is 10.6. The number of nitrogens with one attached hydrogen (secondary N) is 1. The zero-order valence-electron chi connectivity index (χ0n) is 8.50. The Bertz CT molecular complexity index is 355. The lowest BCUT2D eigenvalue weighted by atomic mass is 10.1. The van der Waals surface area contributed by atoms with Crippen LogP contribution in [0.3, 0.4) is 0 Å². The molecule has 82 valence electrons. The van der Waals surface area contributed by atoms with Crippen LogP contribution in [0.2, 0.25) is 5.02 Å². The lowest BCUT2D eigenvalue weighted by Crippen LogP contribution is -2.57. The maximum atomic E-state index is 13.6. The van der Waals surface area contributed by atoms with E-state index < -0.39 is 0 Å². The summed E-state index contributed by atoms with van der Waals surface area (Å²) < 4.78 is 13.6. The van der Waals surface area contributed by atoms with Gasteiger partial charge >= 0.3 is 0 Å². The first-order valence-electron chi connectivity index (χ1n) is 5.00. The molecule has 3 nitrogen and oxygen atoms in total. The predicted octanol–water partition coefficient (Wildman–Crippen LogP) is 1.67. The molecule has 1 saturated heterocycles. The molecular formula is C10H13ClFN3. The molecule has 0 saturated carbocycles. The normalized spacial score (nSPS) is 16.2.